The molecule has 2 aliphatic rings. The summed E-state index contributed by atoms with van der Waals surface area (Å²) in [6, 6.07) is 9.85. The highest BCUT2D eigenvalue weighted by Crippen LogP contribution is 2.32. The second-order valence-electron chi connectivity index (χ2n) is 7.33. The number of hydrogen-bond donors (Lipinski definition) is 2. The van der Waals surface area contributed by atoms with Crippen LogP contribution in [0.2, 0.25) is 0 Å². The molecular weight excluding hydrogens is 352 g/mol. The second kappa shape index (κ2) is 7.07. The number of nitrogens with zero attached hydrogens (tertiary/aromatic N) is 4. The third kappa shape index (κ3) is 3.02. The molecule has 0 spiro atoms. The van der Waals surface area contributed by atoms with Gasteiger partial charge in [0.1, 0.15) is 17.3 Å². The summed E-state index contributed by atoms with van der Waals surface area (Å²) >= 11 is 0. The van der Waals surface area contributed by atoms with Crippen LogP contribution in [0.4, 0.5) is 5.82 Å². The summed E-state index contributed by atoms with van der Waals surface area (Å²) in [5.41, 5.74) is 2.39. The number of rotatable bonds is 3. The van der Waals surface area contributed by atoms with Crippen LogP contribution in [0.1, 0.15) is 40.6 Å². The topological polar surface area (TPSA) is 86.8 Å². The zero-order chi connectivity index (χ0) is 18.9. The number of aromatic nitrogens is 4. The van der Waals surface area contributed by atoms with Crippen molar-refractivity contribution in [3.8, 4) is 11.4 Å². The number of nitrogens with one attached hydrogen (secondary N) is 2. The molecule has 28 heavy (non-hydrogen) atoms. The highest BCUT2D eigenvalue weighted by Gasteiger charge is 2.30. The van der Waals surface area contributed by atoms with Crippen LogP contribution in [-0.4, -0.2) is 45.5 Å². The smallest absolute Gasteiger partial charge is 0.270 e. The summed E-state index contributed by atoms with van der Waals surface area (Å²) in [5, 5.41) is 2.92. The van der Waals surface area contributed by atoms with Crippen molar-refractivity contribution in [3.63, 3.8) is 0 Å². The molecule has 1 fully saturated rings. The van der Waals surface area contributed by atoms with Crippen molar-refractivity contribution in [2.24, 2.45) is 0 Å². The third-order valence-electron chi connectivity index (χ3n) is 5.52. The molecule has 1 atom stereocenters. The molecule has 0 bridgehead atoms. The van der Waals surface area contributed by atoms with E-state index in [-0.39, 0.29) is 5.91 Å². The van der Waals surface area contributed by atoms with Gasteiger partial charge in [0.15, 0.2) is 5.82 Å². The molecular formula is C21H22N6O. The van der Waals surface area contributed by atoms with E-state index in [1.807, 2.05) is 36.5 Å². The fraction of sp³-hybridized carbons (Fsp3) is 0.333. The molecule has 4 heterocycles. The van der Waals surface area contributed by atoms with E-state index in [0.717, 1.165) is 55.1 Å². The van der Waals surface area contributed by atoms with Gasteiger partial charge in [-0.2, -0.15) is 0 Å². The minimum absolute atomic E-state index is 0.110. The summed E-state index contributed by atoms with van der Waals surface area (Å²) in [6.07, 6.45) is 6.60. The Morgan fingerprint density at radius 1 is 1.14 bits per heavy atom. The highest BCUT2D eigenvalue weighted by molar-refractivity contribution is 5.96. The van der Waals surface area contributed by atoms with Crippen LogP contribution in [0.5, 0.6) is 0 Å². The lowest BCUT2D eigenvalue weighted by Gasteiger charge is -2.35. The van der Waals surface area contributed by atoms with Crippen LogP contribution in [0.25, 0.3) is 11.4 Å². The van der Waals surface area contributed by atoms with E-state index in [1.165, 1.54) is 0 Å². The Morgan fingerprint density at radius 2 is 2.04 bits per heavy atom. The molecule has 0 aliphatic carbocycles. The Hall–Kier alpha value is -3.22. The van der Waals surface area contributed by atoms with Crippen LogP contribution >= 0.6 is 0 Å². The van der Waals surface area contributed by atoms with Gasteiger partial charge in [-0.05, 0) is 19.3 Å². The van der Waals surface area contributed by atoms with E-state index in [0.29, 0.717) is 24.0 Å². The molecule has 7 nitrogen and oxygen atoms in total. The number of piperidine rings is 1. The number of carbonyl (C=O) groups is 1. The number of hydrogen-bond acceptors (Lipinski definition) is 5. The third-order valence-corrected chi connectivity index (χ3v) is 5.52. The van der Waals surface area contributed by atoms with Gasteiger partial charge in [0.05, 0.1) is 0 Å². The van der Waals surface area contributed by atoms with E-state index in [4.69, 9.17) is 4.98 Å². The molecule has 0 radical (unpaired) electrons. The molecule has 2 aromatic heterocycles. The first-order valence-corrected chi connectivity index (χ1v) is 9.78. The second-order valence-corrected chi connectivity index (χ2v) is 7.33. The number of benzene rings is 1. The number of amides is 1. The van der Waals surface area contributed by atoms with Crippen LogP contribution < -0.4 is 10.2 Å². The number of carbonyl (C=O) groups excluding carboxylic acids is 1. The number of imidazole rings is 1. The number of aromatic amines is 1. The molecule has 1 saturated heterocycles. The van der Waals surface area contributed by atoms with E-state index in [9.17, 15) is 4.79 Å². The van der Waals surface area contributed by atoms with E-state index >= 15 is 0 Å². The van der Waals surface area contributed by atoms with Crippen LogP contribution in [0.3, 0.4) is 0 Å². The van der Waals surface area contributed by atoms with Gasteiger partial charge in [-0.25, -0.2) is 15.0 Å². The number of H-pyrrole nitrogens is 1. The fourth-order valence-electron chi connectivity index (χ4n) is 4.15. The largest absolute Gasteiger partial charge is 0.356 e. The average Bonchev–Trinajstić information content (AvgIpc) is 3.29. The van der Waals surface area contributed by atoms with Gasteiger partial charge in [0.2, 0.25) is 0 Å². The Bertz CT molecular complexity index is 986. The van der Waals surface area contributed by atoms with E-state index < -0.39 is 0 Å². The first kappa shape index (κ1) is 16.9. The first-order chi connectivity index (χ1) is 13.8. The highest BCUT2D eigenvalue weighted by atomic mass is 16.1. The Morgan fingerprint density at radius 3 is 2.86 bits per heavy atom. The van der Waals surface area contributed by atoms with Crippen molar-refractivity contribution in [1.29, 1.82) is 0 Å². The van der Waals surface area contributed by atoms with E-state index in [2.05, 4.69) is 25.2 Å². The summed E-state index contributed by atoms with van der Waals surface area (Å²) < 4.78 is 0. The van der Waals surface area contributed by atoms with Gasteiger partial charge in [-0.3, -0.25) is 4.79 Å². The molecule has 2 N–H and O–H groups in total. The Kier molecular flexibility index (Phi) is 4.27. The van der Waals surface area contributed by atoms with Gasteiger partial charge >= 0.3 is 0 Å². The van der Waals surface area contributed by atoms with Gasteiger partial charge in [0, 0.05) is 49.1 Å². The predicted molar refractivity (Wildman–Crippen MR) is 106 cm³/mol. The molecule has 5 rings (SSSR count). The molecule has 142 valence electrons. The maximum atomic E-state index is 12.5. The standard InChI is InChI=1S/C21H22N6O/c28-21-17-16(8-9-24-21)20(26-19(25-17)14-5-2-1-3-6-14)27-12-4-7-15(13-27)18-22-10-11-23-18/h1-3,5-6,10-11,15H,4,7-9,12-13H2,(H,22,23)(H,24,28). The zero-order valence-electron chi connectivity index (χ0n) is 15.6. The maximum absolute atomic E-state index is 12.5. The minimum atomic E-state index is -0.110. The molecule has 3 aromatic rings. The summed E-state index contributed by atoms with van der Waals surface area (Å²) in [6.45, 7) is 2.39. The van der Waals surface area contributed by atoms with Crippen molar-refractivity contribution in [2.45, 2.75) is 25.2 Å². The number of anilines is 1. The van der Waals surface area contributed by atoms with Crippen LogP contribution in [0.15, 0.2) is 42.7 Å². The Labute approximate surface area is 163 Å². The van der Waals surface area contributed by atoms with Crippen molar-refractivity contribution >= 4 is 11.7 Å². The SMILES string of the molecule is O=C1NCCc2c1nc(-c1ccccc1)nc2N1CCCC(c2ncc[nH]2)C1. The first-order valence-electron chi connectivity index (χ1n) is 9.78. The average molecular weight is 374 g/mol. The number of fused-ring (bicyclic) bond motifs is 1. The lowest BCUT2D eigenvalue weighted by Crippen LogP contribution is -2.39. The molecule has 1 unspecified atom stereocenters. The Balaban J connectivity index is 1.57. The van der Waals surface area contributed by atoms with Crippen molar-refractivity contribution in [2.75, 3.05) is 24.5 Å². The van der Waals surface area contributed by atoms with Crippen molar-refractivity contribution in [1.82, 2.24) is 25.3 Å². The summed E-state index contributed by atoms with van der Waals surface area (Å²) in [7, 11) is 0. The fourth-order valence-corrected chi connectivity index (χ4v) is 4.15. The van der Waals surface area contributed by atoms with Crippen molar-refractivity contribution < 1.29 is 4.79 Å². The van der Waals surface area contributed by atoms with Gasteiger partial charge < -0.3 is 15.2 Å². The molecule has 0 saturated carbocycles. The molecule has 1 amide bonds. The van der Waals surface area contributed by atoms with Crippen LogP contribution in [0, 0.1) is 0 Å². The monoisotopic (exact) mass is 374 g/mol. The summed E-state index contributed by atoms with van der Waals surface area (Å²) in [4.78, 5) is 32.1. The normalized spacial score (nSPS) is 19.2. The molecule has 2 aliphatic heterocycles. The minimum Gasteiger partial charge on any atom is -0.356 e. The lowest BCUT2D eigenvalue weighted by molar-refractivity contribution is 0.0940. The van der Waals surface area contributed by atoms with Gasteiger partial charge in [-0.1, -0.05) is 30.3 Å². The summed E-state index contributed by atoms with van der Waals surface area (Å²) in [5.74, 6) is 2.75. The van der Waals surface area contributed by atoms with Crippen LogP contribution in [-0.2, 0) is 6.42 Å². The maximum Gasteiger partial charge on any atom is 0.270 e. The van der Waals surface area contributed by atoms with Gasteiger partial charge in [0.25, 0.3) is 5.91 Å². The molecule has 7 heteroatoms. The van der Waals surface area contributed by atoms with Crippen molar-refractivity contribution in [3.05, 3.63) is 59.8 Å². The zero-order valence-corrected chi connectivity index (χ0v) is 15.6. The lowest BCUT2D eigenvalue weighted by atomic mass is 9.96. The predicted octanol–water partition coefficient (Wildman–Crippen LogP) is 2.54. The molecule has 1 aromatic carbocycles. The van der Waals surface area contributed by atoms with Gasteiger partial charge in [-0.15, -0.1) is 0 Å². The van der Waals surface area contributed by atoms with E-state index in [1.54, 1.807) is 6.20 Å². The quantitative estimate of drug-likeness (QED) is 0.736.